The fourth-order valence-electron chi connectivity index (χ4n) is 3.54. The van der Waals surface area contributed by atoms with Crippen molar-refractivity contribution in [1.29, 1.82) is 0 Å². The molecule has 0 radical (unpaired) electrons. The summed E-state index contributed by atoms with van der Waals surface area (Å²) >= 11 is 0. The van der Waals surface area contributed by atoms with Crippen LogP contribution in [0.25, 0.3) is 0 Å². The maximum absolute atomic E-state index is 14.8. The van der Waals surface area contributed by atoms with Crippen molar-refractivity contribution < 1.29 is 27.9 Å². The number of carbonyl (C=O) groups excluding carboxylic acids is 2. The van der Waals surface area contributed by atoms with Gasteiger partial charge in [0, 0.05) is 25.0 Å². The number of amides is 2. The molecule has 0 bridgehead atoms. The smallest absolute Gasteiger partial charge is 0.364 e. The number of nitrogens with one attached hydrogen (secondary N) is 2. The van der Waals surface area contributed by atoms with Gasteiger partial charge in [0.15, 0.2) is 0 Å². The normalized spacial score (nSPS) is 19.4. The van der Waals surface area contributed by atoms with Crippen LogP contribution >= 0.6 is 0 Å². The Hall–Kier alpha value is -2.81. The van der Waals surface area contributed by atoms with E-state index in [0.717, 1.165) is 10.6 Å². The summed E-state index contributed by atoms with van der Waals surface area (Å²) in [7, 11) is 1.33. The number of aliphatic hydroxyl groups excluding tert-OH is 1. The number of aliphatic hydroxyl groups is 1. The molecule has 1 fully saturated rings. The number of rotatable bonds is 5. The average Bonchev–Trinajstić information content (AvgIpc) is 3.09. The first-order valence-electron chi connectivity index (χ1n) is 9.69. The van der Waals surface area contributed by atoms with Crippen LogP contribution in [0.2, 0.25) is 0 Å². The highest BCUT2D eigenvalue weighted by Gasteiger charge is 2.44. The third-order valence-electron chi connectivity index (χ3n) is 5.32. The van der Waals surface area contributed by atoms with Gasteiger partial charge in [-0.3, -0.25) is 9.59 Å². The van der Waals surface area contributed by atoms with E-state index in [9.17, 15) is 27.9 Å². The Kier molecular flexibility index (Phi) is 6.21. The molecule has 0 saturated heterocycles. The van der Waals surface area contributed by atoms with Gasteiger partial charge in [0.05, 0.1) is 17.4 Å². The summed E-state index contributed by atoms with van der Waals surface area (Å²) in [5.74, 6) is -6.35. The van der Waals surface area contributed by atoms with Gasteiger partial charge in [-0.1, -0.05) is 0 Å². The van der Waals surface area contributed by atoms with Crippen LogP contribution in [-0.2, 0) is 17.8 Å². The summed E-state index contributed by atoms with van der Waals surface area (Å²) in [6, 6.07) is 4.55. The van der Waals surface area contributed by atoms with E-state index in [-0.39, 0.29) is 5.56 Å². The number of hydrogen-bond donors (Lipinski definition) is 3. The first-order chi connectivity index (χ1) is 14.1. The van der Waals surface area contributed by atoms with Gasteiger partial charge in [-0.2, -0.15) is 8.78 Å². The lowest BCUT2D eigenvalue weighted by molar-refractivity contribution is -0.149. The highest BCUT2D eigenvalue weighted by molar-refractivity contribution is 6.04. The molecule has 0 aliphatic heterocycles. The number of carbonyl (C=O) groups is 2. The number of aromatic nitrogens is 1. The second-order valence-electron chi connectivity index (χ2n) is 7.70. The Morgan fingerprint density at radius 3 is 2.47 bits per heavy atom. The first-order valence-corrected chi connectivity index (χ1v) is 9.69. The molecule has 1 aromatic carbocycles. The fraction of sp³-hybridized carbons (Fsp3) is 0.429. The van der Waals surface area contributed by atoms with Gasteiger partial charge in [-0.15, -0.1) is 0 Å². The van der Waals surface area contributed by atoms with Crippen molar-refractivity contribution in [3.05, 3.63) is 53.1 Å². The van der Waals surface area contributed by atoms with Crippen LogP contribution in [0.3, 0.4) is 0 Å². The Morgan fingerprint density at radius 2 is 1.83 bits per heavy atom. The Balaban J connectivity index is 1.72. The third-order valence-corrected chi connectivity index (χ3v) is 5.32. The number of halogens is 3. The predicted octanol–water partition coefficient (Wildman–Crippen LogP) is 3.24. The van der Waals surface area contributed by atoms with Crippen LogP contribution < -0.4 is 10.6 Å². The molecule has 1 aromatic heterocycles. The predicted molar refractivity (Wildman–Crippen MR) is 105 cm³/mol. The van der Waals surface area contributed by atoms with Crippen LogP contribution in [0, 0.1) is 12.7 Å². The van der Waals surface area contributed by atoms with Crippen LogP contribution in [0.5, 0.6) is 0 Å². The molecule has 2 amide bonds. The van der Waals surface area contributed by atoms with E-state index in [2.05, 4.69) is 10.6 Å². The molecule has 9 heteroatoms. The Labute approximate surface area is 172 Å². The molecule has 2 aromatic rings. The molecule has 1 aliphatic rings. The van der Waals surface area contributed by atoms with Gasteiger partial charge in [0.2, 0.25) is 0 Å². The fourth-order valence-corrected chi connectivity index (χ4v) is 3.54. The van der Waals surface area contributed by atoms with Crippen molar-refractivity contribution in [3.63, 3.8) is 0 Å². The largest absolute Gasteiger partial charge is 0.393 e. The van der Waals surface area contributed by atoms with Crippen LogP contribution in [0.1, 0.15) is 47.3 Å². The van der Waals surface area contributed by atoms with Crippen molar-refractivity contribution in [2.24, 2.45) is 7.05 Å². The minimum absolute atomic E-state index is 0.0530. The lowest BCUT2D eigenvalue weighted by Gasteiger charge is -2.27. The number of aryl methyl sites for hydroxylation is 2. The van der Waals surface area contributed by atoms with E-state index in [4.69, 9.17) is 0 Å². The molecule has 3 rings (SSSR count). The lowest BCUT2D eigenvalue weighted by Crippen LogP contribution is -2.46. The summed E-state index contributed by atoms with van der Waals surface area (Å²) < 4.78 is 44.0. The first kappa shape index (κ1) is 21.9. The van der Waals surface area contributed by atoms with Crippen molar-refractivity contribution in [3.8, 4) is 0 Å². The van der Waals surface area contributed by atoms with E-state index >= 15 is 0 Å². The van der Waals surface area contributed by atoms with Gasteiger partial charge in [-0.05, 0) is 62.4 Å². The summed E-state index contributed by atoms with van der Waals surface area (Å²) in [5.41, 5.74) is -0.00713. The highest BCUT2D eigenvalue weighted by Crippen LogP contribution is 2.31. The zero-order valence-corrected chi connectivity index (χ0v) is 16.7. The number of benzene rings is 1. The maximum atomic E-state index is 14.8. The molecule has 6 nitrogen and oxygen atoms in total. The summed E-state index contributed by atoms with van der Waals surface area (Å²) in [4.78, 5) is 24.7. The van der Waals surface area contributed by atoms with Crippen LogP contribution in [0.15, 0.2) is 30.5 Å². The van der Waals surface area contributed by atoms with Gasteiger partial charge < -0.3 is 20.3 Å². The zero-order chi connectivity index (χ0) is 22.1. The second kappa shape index (κ2) is 8.51. The van der Waals surface area contributed by atoms with Gasteiger partial charge in [0.1, 0.15) is 5.82 Å². The Morgan fingerprint density at radius 1 is 1.17 bits per heavy atom. The number of alkyl halides is 2. The molecule has 1 aliphatic carbocycles. The molecule has 162 valence electrons. The van der Waals surface area contributed by atoms with Crippen molar-refractivity contribution in [2.75, 3.05) is 5.32 Å². The van der Waals surface area contributed by atoms with Gasteiger partial charge in [-0.25, -0.2) is 4.39 Å². The quantitative estimate of drug-likeness (QED) is 0.691. The molecule has 0 atom stereocenters. The molecule has 0 unspecified atom stereocenters. The topological polar surface area (TPSA) is 83.4 Å². The number of nitrogens with zero attached hydrogens (tertiary/aromatic N) is 1. The lowest BCUT2D eigenvalue weighted by atomic mass is 9.93. The van der Waals surface area contributed by atoms with Crippen molar-refractivity contribution in [2.45, 2.75) is 50.7 Å². The van der Waals surface area contributed by atoms with Gasteiger partial charge >= 0.3 is 5.92 Å². The molecule has 30 heavy (non-hydrogen) atoms. The monoisotopic (exact) mass is 423 g/mol. The molecule has 1 heterocycles. The molecule has 1 saturated carbocycles. The van der Waals surface area contributed by atoms with E-state index < -0.39 is 41.4 Å². The van der Waals surface area contributed by atoms with Crippen molar-refractivity contribution in [1.82, 2.24) is 9.88 Å². The molecular weight excluding hydrogens is 399 g/mol. The maximum Gasteiger partial charge on any atom is 0.364 e. The van der Waals surface area contributed by atoms with Gasteiger partial charge in [0.25, 0.3) is 11.8 Å². The SMILES string of the molecule is Cc1cc(NC(=O)c2cc(C(F)(F)C(=O)N[C@H]3CC[C@@H](O)CC3)n(C)c2)ccc1F. The minimum atomic E-state index is -3.84. The van der Waals surface area contributed by atoms with Crippen molar-refractivity contribution >= 4 is 17.5 Å². The summed E-state index contributed by atoms with van der Waals surface area (Å²) in [5, 5.41) is 14.4. The molecule has 3 N–H and O–H groups in total. The van der Waals surface area contributed by atoms with E-state index in [1.165, 1.54) is 38.4 Å². The summed E-state index contributed by atoms with van der Waals surface area (Å²) in [6.45, 7) is 1.54. The third kappa shape index (κ3) is 4.67. The molecule has 0 spiro atoms. The van der Waals surface area contributed by atoms with E-state index in [1.807, 2.05) is 0 Å². The zero-order valence-electron chi connectivity index (χ0n) is 16.7. The van der Waals surface area contributed by atoms with Crippen LogP contribution in [0.4, 0.5) is 18.9 Å². The van der Waals surface area contributed by atoms with Crippen LogP contribution in [-0.4, -0.2) is 33.6 Å². The standard InChI is InChI=1S/C21H24F3N3O3/c1-12-9-15(5-8-17(12)22)25-19(29)13-10-18(27(2)11-13)21(23,24)20(30)26-14-3-6-16(28)7-4-14/h5,8-11,14,16,28H,3-4,6-7H2,1-2H3,(H,25,29)(H,26,30)/t14-,16+. The second-order valence-corrected chi connectivity index (χ2v) is 7.70. The summed E-state index contributed by atoms with van der Waals surface area (Å²) in [6.07, 6.45) is 2.51. The number of anilines is 1. The van der Waals surface area contributed by atoms with E-state index in [1.54, 1.807) is 0 Å². The molecular formula is C21H24F3N3O3. The minimum Gasteiger partial charge on any atom is -0.393 e. The number of hydrogen-bond acceptors (Lipinski definition) is 3. The Bertz CT molecular complexity index is 950. The van der Waals surface area contributed by atoms with E-state index in [0.29, 0.717) is 36.9 Å². The highest BCUT2D eigenvalue weighted by atomic mass is 19.3. The average molecular weight is 423 g/mol.